The third-order valence-electron chi connectivity index (χ3n) is 2.67. The van der Waals surface area contributed by atoms with E-state index in [2.05, 4.69) is 25.6 Å². The van der Waals surface area contributed by atoms with Gasteiger partial charge in [-0.25, -0.2) is 18.2 Å². The van der Waals surface area contributed by atoms with Gasteiger partial charge in [0, 0.05) is 10.2 Å². The van der Waals surface area contributed by atoms with Gasteiger partial charge >= 0.3 is 5.97 Å². The second-order valence-electron chi connectivity index (χ2n) is 4.32. The number of rotatable bonds is 4. The largest absolute Gasteiger partial charge is 0.476 e. The molecule has 2 rings (SSSR count). The Balaban J connectivity index is 2.43. The summed E-state index contributed by atoms with van der Waals surface area (Å²) in [7, 11) is -3.98. The molecule has 1 heterocycles. The number of hydrogen-bond donors (Lipinski definition) is 2. The summed E-state index contributed by atoms with van der Waals surface area (Å²) in [6.07, 6.45) is 0. The molecule has 0 unspecified atom stereocenters. The van der Waals surface area contributed by atoms with Crippen LogP contribution in [-0.4, -0.2) is 24.5 Å². The summed E-state index contributed by atoms with van der Waals surface area (Å²) in [5.74, 6) is -1.38. The minimum absolute atomic E-state index is 0.312. The van der Waals surface area contributed by atoms with Gasteiger partial charge in [-0.2, -0.15) is 0 Å². The van der Waals surface area contributed by atoms with Crippen molar-refractivity contribution in [2.45, 2.75) is 18.1 Å². The summed E-state index contributed by atoms with van der Waals surface area (Å²) < 4.78 is 27.5. The molecule has 0 spiro atoms. The van der Waals surface area contributed by atoms with Crippen LogP contribution in [0.25, 0.3) is 0 Å². The van der Waals surface area contributed by atoms with Crippen molar-refractivity contribution < 1.29 is 18.3 Å². The normalized spacial score (nSPS) is 11.4. The topological polar surface area (TPSA) is 96.4 Å². The van der Waals surface area contributed by atoms with E-state index in [0.29, 0.717) is 5.69 Å². The maximum atomic E-state index is 12.3. The van der Waals surface area contributed by atoms with Gasteiger partial charge in [0.1, 0.15) is 0 Å². The Bertz CT molecular complexity index is 791. The van der Waals surface area contributed by atoms with Crippen molar-refractivity contribution in [1.82, 2.24) is 4.98 Å². The molecule has 0 aliphatic heterocycles. The molecule has 0 bridgehead atoms. The minimum Gasteiger partial charge on any atom is -0.476 e. The lowest BCUT2D eigenvalue weighted by molar-refractivity contribution is 0.0687. The van der Waals surface area contributed by atoms with Gasteiger partial charge in [0.2, 0.25) is 0 Å². The van der Waals surface area contributed by atoms with Crippen LogP contribution in [0.2, 0.25) is 0 Å². The molecule has 9 heteroatoms. The monoisotopic (exact) mass is 390 g/mol. The predicted octanol–water partition coefficient (Wildman–Crippen LogP) is 3.02. The Morgan fingerprint density at radius 3 is 2.43 bits per heavy atom. The van der Waals surface area contributed by atoms with Crippen LogP contribution in [0.4, 0.5) is 5.69 Å². The molecule has 112 valence electrons. The molecule has 2 N–H and O–H groups in total. The Labute approximate surface area is 134 Å². The first-order valence-electron chi connectivity index (χ1n) is 5.68. The quantitative estimate of drug-likeness (QED) is 0.835. The average Bonchev–Trinajstić information content (AvgIpc) is 2.85. The van der Waals surface area contributed by atoms with E-state index in [4.69, 9.17) is 5.11 Å². The zero-order valence-corrected chi connectivity index (χ0v) is 14.3. The first-order chi connectivity index (χ1) is 9.72. The number of aromatic nitrogens is 1. The Kier molecular flexibility index (Phi) is 4.35. The highest BCUT2D eigenvalue weighted by Gasteiger charge is 2.26. The number of hydrogen-bond acceptors (Lipinski definition) is 5. The number of benzene rings is 1. The highest BCUT2D eigenvalue weighted by atomic mass is 79.9. The third-order valence-corrected chi connectivity index (χ3v) is 6.67. The van der Waals surface area contributed by atoms with Crippen LogP contribution in [0.3, 0.4) is 0 Å². The number of anilines is 1. The van der Waals surface area contributed by atoms with Gasteiger partial charge in [0.15, 0.2) is 9.90 Å². The molecule has 0 amide bonds. The number of carboxylic acids is 1. The van der Waals surface area contributed by atoms with Crippen molar-refractivity contribution in [1.29, 1.82) is 0 Å². The molecule has 0 atom stereocenters. The number of sulfonamides is 1. The number of aromatic carboxylic acids is 1. The van der Waals surface area contributed by atoms with Crippen LogP contribution in [0.15, 0.2) is 26.3 Å². The van der Waals surface area contributed by atoms with Gasteiger partial charge < -0.3 is 5.11 Å². The first kappa shape index (κ1) is 15.9. The number of aryl methyl sites for hydroxylation is 2. The maximum absolute atomic E-state index is 12.3. The summed E-state index contributed by atoms with van der Waals surface area (Å²) in [5.41, 5.74) is 2.83. The molecule has 0 radical (unpaired) electrons. The third kappa shape index (κ3) is 3.25. The zero-order chi connectivity index (χ0) is 15.8. The summed E-state index contributed by atoms with van der Waals surface area (Å²) >= 11 is 4.16. The molecule has 0 aliphatic carbocycles. The molecule has 6 nitrogen and oxygen atoms in total. The number of carbonyl (C=O) groups is 1. The molecule has 0 fully saturated rings. The van der Waals surface area contributed by atoms with E-state index in [-0.39, 0.29) is 4.21 Å². The van der Waals surface area contributed by atoms with E-state index in [1.807, 2.05) is 13.8 Å². The van der Waals surface area contributed by atoms with Crippen LogP contribution in [0, 0.1) is 13.8 Å². The standard InChI is InChI=1S/C12H11BrN2O4S2/c1-6-3-8(4-7(2)9(6)13)15-21(18,19)12-10(11(16)17)14-5-20-12/h3-5,15H,1-2H3,(H,16,17). The van der Waals surface area contributed by atoms with Crippen molar-refractivity contribution in [3.63, 3.8) is 0 Å². The molecule has 0 saturated heterocycles. The number of nitrogens with zero attached hydrogens (tertiary/aromatic N) is 1. The Hall–Kier alpha value is -1.45. The van der Waals surface area contributed by atoms with Gasteiger partial charge in [0.05, 0.1) is 5.51 Å². The van der Waals surface area contributed by atoms with E-state index in [9.17, 15) is 13.2 Å². The van der Waals surface area contributed by atoms with Crippen LogP contribution in [0.1, 0.15) is 21.6 Å². The lowest BCUT2D eigenvalue weighted by Gasteiger charge is -2.10. The van der Waals surface area contributed by atoms with Crippen molar-refractivity contribution >= 4 is 48.9 Å². The number of carboxylic acid groups (broad SMARTS) is 1. The van der Waals surface area contributed by atoms with Crippen molar-refractivity contribution in [3.05, 3.63) is 38.9 Å². The lowest BCUT2D eigenvalue weighted by atomic mass is 10.1. The summed E-state index contributed by atoms with van der Waals surface area (Å²) in [6.45, 7) is 3.68. The van der Waals surface area contributed by atoms with Crippen LogP contribution < -0.4 is 4.72 Å². The van der Waals surface area contributed by atoms with E-state index in [1.165, 1.54) is 5.51 Å². The van der Waals surface area contributed by atoms with Gasteiger partial charge in [0.25, 0.3) is 10.0 Å². The summed E-state index contributed by atoms with van der Waals surface area (Å²) in [6, 6.07) is 3.33. The molecule has 2 aromatic rings. The second kappa shape index (κ2) is 5.74. The molecule has 0 saturated carbocycles. The van der Waals surface area contributed by atoms with Gasteiger partial charge in [-0.1, -0.05) is 15.9 Å². The fourth-order valence-corrected chi connectivity index (χ4v) is 4.19. The minimum atomic E-state index is -3.98. The summed E-state index contributed by atoms with van der Waals surface area (Å²) in [4.78, 5) is 14.5. The number of nitrogens with one attached hydrogen (secondary N) is 1. The fourth-order valence-electron chi connectivity index (χ4n) is 1.77. The average molecular weight is 391 g/mol. The Morgan fingerprint density at radius 1 is 1.33 bits per heavy atom. The van der Waals surface area contributed by atoms with Crippen LogP contribution in [0.5, 0.6) is 0 Å². The zero-order valence-electron chi connectivity index (χ0n) is 11.0. The highest BCUT2D eigenvalue weighted by molar-refractivity contribution is 9.10. The smallest absolute Gasteiger partial charge is 0.356 e. The van der Waals surface area contributed by atoms with E-state index >= 15 is 0 Å². The van der Waals surface area contributed by atoms with Gasteiger partial charge in [-0.15, -0.1) is 11.3 Å². The van der Waals surface area contributed by atoms with Crippen molar-refractivity contribution in [3.8, 4) is 0 Å². The van der Waals surface area contributed by atoms with Crippen molar-refractivity contribution in [2.24, 2.45) is 0 Å². The number of halogens is 1. The Morgan fingerprint density at radius 2 is 1.90 bits per heavy atom. The van der Waals surface area contributed by atoms with Crippen LogP contribution >= 0.6 is 27.3 Å². The second-order valence-corrected chi connectivity index (χ2v) is 7.85. The van der Waals surface area contributed by atoms with Crippen molar-refractivity contribution in [2.75, 3.05) is 4.72 Å². The molecular formula is C12H11BrN2O4S2. The highest BCUT2D eigenvalue weighted by Crippen LogP contribution is 2.28. The lowest BCUT2D eigenvalue weighted by Crippen LogP contribution is -2.15. The molecular weight excluding hydrogens is 380 g/mol. The number of thiazole rings is 1. The van der Waals surface area contributed by atoms with Gasteiger partial charge in [-0.3, -0.25) is 4.72 Å². The molecule has 21 heavy (non-hydrogen) atoms. The SMILES string of the molecule is Cc1cc(NS(=O)(=O)c2scnc2C(=O)O)cc(C)c1Br. The van der Waals surface area contributed by atoms with E-state index in [0.717, 1.165) is 26.9 Å². The van der Waals surface area contributed by atoms with Crippen LogP contribution in [-0.2, 0) is 10.0 Å². The maximum Gasteiger partial charge on any atom is 0.356 e. The molecule has 1 aromatic heterocycles. The predicted molar refractivity (Wildman–Crippen MR) is 83.5 cm³/mol. The molecule has 0 aliphatic rings. The van der Waals surface area contributed by atoms with E-state index < -0.39 is 21.7 Å². The molecule has 1 aromatic carbocycles. The van der Waals surface area contributed by atoms with E-state index in [1.54, 1.807) is 12.1 Å². The van der Waals surface area contributed by atoms with Gasteiger partial charge in [-0.05, 0) is 37.1 Å². The first-order valence-corrected chi connectivity index (χ1v) is 8.84. The fraction of sp³-hybridized carbons (Fsp3) is 0.167. The summed E-state index contributed by atoms with van der Waals surface area (Å²) in [5, 5.41) is 8.95.